The lowest BCUT2D eigenvalue weighted by molar-refractivity contribution is -0.146. The van der Waals surface area contributed by atoms with Gasteiger partial charge in [0.05, 0.1) is 47.0 Å². The van der Waals surface area contributed by atoms with Crippen LogP contribution in [0.15, 0.2) is 124 Å². The summed E-state index contributed by atoms with van der Waals surface area (Å²) in [7, 11) is 1.30. The highest BCUT2D eigenvalue weighted by molar-refractivity contribution is 6.43. The summed E-state index contributed by atoms with van der Waals surface area (Å²) in [5.74, 6) is -0.711. The van der Waals surface area contributed by atoms with Crippen LogP contribution in [0.4, 0.5) is 0 Å². The molecule has 9 heteroatoms. The van der Waals surface area contributed by atoms with E-state index in [1.54, 1.807) is 0 Å². The van der Waals surface area contributed by atoms with Gasteiger partial charge in [0, 0.05) is 40.7 Å². The molecule has 1 fully saturated rings. The van der Waals surface area contributed by atoms with E-state index in [1.165, 1.54) is 57.6 Å². The molecule has 0 amide bonds. The van der Waals surface area contributed by atoms with Crippen LogP contribution in [0.3, 0.4) is 0 Å². The van der Waals surface area contributed by atoms with Gasteiger partial charge in [-0.05, 0) is 118 Å². The summed E-state index contributed by atoms with van der Waals surface area (Å²) in [4.78, 5) is 61.8. The first-order chi connectivity index (χ1) is 30.6. The lowest BCUT2D eigenvalue weighted by atomic mass is 9.83. The molecule has 5 atom stereocenters. The summed E-state index contributed by atoms with van der Waals surface area (Å²) < 4.78 is 11.0. The number of ketones is 1. The first-order valence-corrected chi connectivity index (χ1v) is 24.0. The fraction of sp³-hybridized carbons (Fsp3) is 0.545. The lowest BCUT2D eigenvalue weighted by Crippen LogP contribution is -2.25. The van der Waals surface area contributed by atoms with Gasteiger partial charge in [0.1, 0.15) is 12.5 Å². The predicted molar refractivity (Wildman–Crippen MR) is 261 cm³/mol. The summed E-state index contributed by atoms with van der Waals surface area (Å²) in [6.07, 6.45) is 22.4. The van der Waals surface area contributed by atoms with Gasteiger partial charge in [0.15, 0.2) is 5.78 Å². The van der Waals surface area contributed by atoms with E-state index >= 15 is 0 Å². The third kappa shape index (κ3) is 10.6. The second-order valence-corrected chi connectivity index (χ2v) is 19.4. The molecular formula is C55H72N4O5. The van der Waals surface area contributed by atoms with Gasteiger partial charge in [-0.15, -0.1) is 0 Å². The molecule has 64 heavy (non-hydrogen) atoms. The summed E-state index contributed by atoms with van der Waals surface area (Å²) >= 11 is 0. The van der Waals surface area contributed by atoms with E-state index in [4.69, 9.17) is 29.4 Å². The van der Waals surface area contributed by atoms with Crippen molar-refractivity contribution in [3.63, 3.8) is 0 Å². The number of carbonyl (C=O) groups excluding carboxylic acids is 3. The Morgan fingerprint density at radius 3 is 2.09 bits per heavy atom. The van der Waals surface area contributed by atoms with Gasteiger partial charge in [-0.2, -0.15) is 0 Å². The smallest absolute Gasteiger partial charge is 0.321 e. The van der Waals surface area contributed by atoms with Crippen molar-refractivity contribution < 1.29 is 23.9 Å². The molecule has 6 rings (SSSR count). The SMILES string of the molecule is C=CC1=C(C)C2=CC3=NC(=C4C5=NC(=CC6=NC(=CC1=N2)C(C)=C6CC)C(C)=C5C(=O)[C@H]4C(=O)OC)[C@H](CCC(=O)OCC=C(C)CCC[C@H](C)CCC[C@H](C)CCCC(C)C)[C@H]3C. The highest BCUT2D eigenvalue weighted by Gasteiger charge is 2.51. The predicted octanol–water partition coefficient (Wildman–Crippen LogP) is 12.6. The van der Waals surface area contributed by atoms with Gasteiger partial charge in [0.25, 0.3) is 0 Å². The van der Waals surface area contributed by atoms with Crippen LogP contribution in [0.2, 0.25) is 0 Å². The molecule has 1 aliphatic carbocycles. The maximum absolute atomic E-state index is 14.4. The lowest BCUT2D eigenvalue weighted by Gasteiger charge is -2.20. The number of nitrogens with zero attached hydrogens (tertiary/aromatic N) is 4. The summed E-state index contributed by atoms with van der Waals surface area (Å²) in [6, 6.07) is 0. The molecule has 0 spiro atoms. The Balaban J connectivity index is 1.20. The van der Waals surface area contributed by atoms with E-state index in [1.807, 2.05) is 44.2 Å². The molecule has 5 aliphatic heterocycles. The minimum Gasteiger partial charge on any atom is -0.468 e. The van der Waals surface area contributed by atoms with Gasteiger partial charge < -0.3 is 9.47 Å². The quantitative estimate of drug-likeness (QED) is 0.0686. The average Bonchev–Trinajstić information content (AvgIpc) is 3.99. The molecule has 0 aromatic rings. The molecule has 6 aliphatic rings. The number of aliphatic imine (C=N–C) groups is 4. The number of hydrogen-bond acceptors (Lipinski definition) is 9. The number of Topliss-reactive ketones (excluding diaryl/α,β-unsaturated/α-hetero) is 1. The van der Waals surface area contributed by atoms with Gasteiger partial charge >= 0.3 is 11.9 Å². The highest BCUT2D eigenvalue weighted by atomic mass is 16.5. The average molecular weight is 869 g/mol. The monoisotopic (exact) mass is 869 g/mol. The number of fused-ring (bicyclic) bond motifs is 4. The van der Waals surface area contributed by atoms with E-state index in [-0.39, 0.29) is 36.6 Å². The van der Waals surface area contributed by atoms with Crippen molar-refractivity contribution in [1.29, 1.82) is 0 Å². The minimum absolute atomic E-state index is 0.142. The number of esters is 2. The fourth-order valence-electron chi connectivity index (χ4n) is 10.1. The van der Waals surface area contributed by atoms with Crippen molar-refractivity contribution in [1.82, 2.24) is 0 Å². The molecule has 0 aromatic carbocycles. The summed E-state index contributed by atoms with van der Waals surface area (Å²) in [5, 5.41) is 0. The Hall–Kier alpha value is -5.05. The highest BCUT2D eigenvalue weighted by Crippen LogP contribution is 2.47. The molecular weight excluding hydrogens is 797 g/mol. The number of rotatable bonds is 20. The normalized spacial score (nSPS) is 22.8. The Bertz CT molecular complexity index is 2330. The van der Waals surface area contributed by atoms with Gasteiger partial charge in [-0.1, -0.05) is 105 Å². The van der Waals surface area contributed by atoms with Crippen LogP contribution in [0, 0.1) is 35.5 Å². The zero-order chi connectivity index (χ0) is 46.4. The standard InChI is InChI=1S/C55H72N4O5/c1-13-39-35(8)42-28-44-37(10)41(24-25-48(60)64-27-26-34(7)23-17-22-33(6)21-16-20-32(5)19-15-18-31(3)4)52(58-44)50-51(55(62)63-12)54(61)49-38(11)45(59-53(49)50)30-47-40(14-2)36(9)43(57-47)29-46(39)56-42/h13,26,28-33,37,41,51H,1,14-25,27H2,2-12H3/t32-,33-,37-,41-,51+/m1/s1. The van der Waals surface area contributed by atoms with Crippen molar-refractivity contribution >= 4 is 40.6 Å². The van der Waals surface area contributed by atoms with E-state index in [2.05, 4.69) is 62.0 Å². The number of allylic oxidation sites excluding steroid dienone is 12. The second kappa shape index (κ2) is 21.3. The maximum atomic E-state index is 14.4. The zero-order valence-corrected chi connectivity index (χ0v) is 40.6. The van der Waals surface area contributed by atoms with E-state index in [9.17, 15) is 14.4 Å². The topological polar surface area (TPSA) is 119 Å². The Morgan fingerprint density at radius 2 is 1.44 bits per heavy atom. The van der Waals surface area contributed by atoms with Crippen molar-refractivity contribution in [2.45, 2.75) is 146 Å². The molecule has 342 valence electrons. The van der Waals surface area contributed by atoms with Gasteiger partial charge in [-0.3, -0.25) is 19.4 Å². The Kier molecular flexibility index (Phi) is 16.1. The number of ether oxygens (including phenoxy) is 2. The van der Waals surface area contributed by atoms with Crippen LogP contribution >= 0.6 is 0 Å². The van der Waals surface area contributed by atoms with E-state index < -0.39 is 11.9 Å². The van der Waals surface area contributed by atoms with Crippen molar-refractivity contribution in [2.24, 2.45) is 55.5 Å². The molecule has 0 saturated heterocycles. The van der Waals surface area contributed by atoms with Crippen LogP contribution < -0.4 is 0 Å². The largest absolute Gasteiger partial charge is 0.468 e. The molecule has 1 saturated carbocycles. The molecule has 9 nitrogen and oxygen atoms in total. The van der Waals surface area contributed by atoms with Crippen molar-refractivity contribution in [2.75, 3.05) is 13.7 Å². The van der Waals surface area contributed by atoms with E-state index in [0.717, 1.165) is 81.9 Å². The number of methoxy groups -OCH3 is 1. The number of hydrogen-bond donors (Lipinski definition) is 0. The fourth-order valence-corrected chi connectivity index (χ4v) is 10.1. The van der Waals surface area contributed by atoms with Crippen LogP contribution in [0.1, 0.15) is 146 Å². The third-order valence-corrected chi connectivity index (χ3v) is 14.2. The molecule has 5 heterocycles. The van der Waals surface area contributed by atoms with Gasteiger partial charge in [0.2, 0.25) is 0 Å². The Labute approximate surface area is 382 Å². The van der Waals surface area contributed by atoms with Gasteiger partial charge in [-0.25, -0.2) is 15.0 Å². The Morgan fingerprint density at radius 1 is 0.812 bits per heavy atom. The van der Waals surface area contributed by atoms with Crippen LogP contribution in [0.25, 0.3) is 0 Å². The first-order valence-electron chi connectivity index (χ1n) is 24.0. The molecule has 0 unspecified atom stereocenters. The van der Waals surface area contributed by atoms with Crippen molar-refractivity contribution in [3.05, 3.63) is 104 Å². The minimum atomic E-state index is -1.22. The maximum Gasteiger partial charge on any atom is 0.321 e. The van der Waals surface area contributed by atoms with Crippen molar-refractivity contribution in [3.8, 4) is 0 Å². The third-order valence-electron chi connectivity index (χ3n) is 14.2. The summed E-state index contributed by atoms with van der Waals surface area (Å²) in [6.45, 7) is 26.0. The van der Waals surface area contributed by atoms with E-state index in [0.29, 0.717) is 46.2 Å². The first kappa shape index (κ1) is 48.4. The van der Waals surface area contributed by atoms with Crippen LogP contribution in [-0.4, -0.2) is 54.3 Å². The second-order valence-electron chi connectivity index (χ2n) is 19.4. The van der Waals surface area contributed by atoms with Crippen LogP contribution in [-0.2, 0) is 23.9 Å². The zero-order valence-electron chi connectivity index (χ0n) is 40.6. The molecule has 0 N–H and O–H groups in total. The molecule has 0 aromatic heterocycles. The summed E-state index contributed by atoms with van der Waals surface area (Å²) in [5.41, 5.74) is 12.3. The molecule has 8 bridgehead atoms. The van der Waals surface area contributed by atoms with Crippen LogP contribution in [0.5, 0.6) is 0 Å². The molecule has 0 radical (unpaired) electrons. The number of carbonyl (C=O) groups is 3.